The summed E-state index contributed by atoms with van der Waals surface area (Å²) in [7, 11) is 0. The van der Waals surface area contributed by atoms with E-state index in [9.17, 15) is 0 Å². The van der Waals surface area contributed by atoms with Crippen LogP contribution in [-0.2, 0) is 0 Å². The largest absolute Gasteiger partial charge is 0.260 e. The van der Waals surface area contributed by atoms with Crippen LogP contribution in [-0.4, -0.2) is 6.21 Å². The van der Waals surface area contributed by atoms with Crippen molar-refractivity contribution in [2.24, 2.45) is 4.99 Å². The fourth-order valence-corrected chi connectivity index (χ4v) is 1.08. The third kappa shape index (κ3) is 1.67. The van der Waals surface area contributed by atoms with E-state index in [1.807, 2.05) is 32.0 Å². The summed E-state index contributed by atoms with van der Waals surface area (Å²) in [5.41, 5.74) is 3.30. The van der Waals surface area contributed by atoms with Crippen molar-refractivity contribution in [3.63, 3.8) is 0 Å². The topological polar surface area (TPSA) is 12.4 Å². The van der Waals surface area contributed by atoms with E-state index in [0.717, 1.165) is 16.8 Å². The van der Waals surface area contributed by atoms with Gasteiger partial charge < -0.3 is 0 Å². The normalized spacial score (nSPS) is 10.8. The van der Waals surface area contributed by atoms with Crippen molar-refractivity contribution in [3.8, 4) is 0 Å². The predicted octanol–water partition coefficient (Wildman–Crippen LogP) is 2.72. The molecule has 0 fully saturated rings. The molecule has 56 valence electrons. The highest BCUT2D eigenvalue weighted by atomic mass is 14.7. The zero-order valence-electron chi connectivity index (χ0n) is 6.83. The molecule has 0 spiro atoms. The minimum absolute atomic E-state index is 0.981. The first-order valence-electron chi connectivity index (χ1n) is 3.56. The molecule has 11 heavy (non-hydrogen) atoms. The van der Waals surface area contributed by atoms with E-state index >= 15 is 0 Å². The molecule has 0 amide bonds. The Morgan fingerprint density at radius 2 is 1.82 bits per heavy atom. The average molecular weight is 145 g/mol. The van der Waals surface area contributed by atoms with E-state index in [-0.39, 0.29) is 0 Å². The van der Waals surface area contributed by atoms with Crippen molar-refractivity contribution in [1.82, 2.24) is 0 Å². The Labute approximate surface area is 67.8 Å². The lowest BCUT2D eigenvalue weighted by Crippen LogP contribution is -1.78. The van der Waals surface area contributed by atoms with Crippen LogP contribution in [0.2, 0.25) is 0 Å². The molecule has 0 aliphatic carbocycles. The quantitative estimate of drug-likeness (QED) is 0.539. The fourth-order valence-electron chi connectivity index (χ4n) is 1.08. The minimum atomic E-state index is 0.981. The summed E-state index contributed by atoms with van der Waals surface area (Å²) in [4.78, 5) is 4.06. The van der Waals surface area contributed by atoms with Gasteiger partial charge >= 0.3 is 0 Å². The first-order valence-corrected chi connectivity index (χ1v) is 3.56. The van der Waals surface area contributed by atoms with Crippen LogP contribution in [0.3, 0.4) is 0 Å². The monoisotopic (exact) mass is 145 g/mol. The summed E-state index contributed by atoms with van der Waals surface area (Å²) in [6.07, 6.45) is 1.33. The van der Waals surface area contributed by atoms with Gasteiger partial charge in [-0.2, -0.15) is 0 Å². The van der Waals surface area contributed by atoms with Gasteiger partial charge in [0.25, 0.3) is 0 Å². The van der Waals surface area contributed by atoms with E-state index in [4.69, 9.17) is 6.92 Å². The van der Waals surface area contributed by atoms with Crippen LogP contribution in [0.1, 0.15) is 11.1 Å². The smallest absolute Gasteiger partial charge is 0.0684 e. The Morgan fingerprint density at radius 3 is 2.27 bits per heavy atom. The standard InChI is InChI=1S/C10H11N/c1-4-11-10-8(2)6-5-7-9(10)3/h1,4-7H,2-3H3. The number of aryl methyl sites for hydroxylation is 2. The van der Waals surface area contributed by atoms with Gasteiger partial charge in [0.2, 0.25) is 0 Å². The van der Waals surface area contributed by atoms with Crippen molar-refractivity contribution in [3.05, 3.63) is 36.2 Å². The summed E-state index contributed by atoms with van der Waals surface area (Å²) in [6.45, 7) is 9.25. The molecule has 0 aliphatic rings. The summed E-state index contributed by atoms with van der Waals surface area (Å²) >= 11 is 0. The fraction of sp³-hybridized carbons (Fsp3) is 0.200. The molecule has 0 bridgehead atoms. The van der Waals surface area contributed by atoms with Gasteiger partial charge in [-0.15, -0.1) is 0 Å². The third-order valence-electron chi connectivity index (χ3n) is 1.64. The third-order valence-corrected chi connectivity index (χ3v) is 1.64. The van der Waals surface area contributed by atoms with E-state index in [1.165, 1.54) is 6.21 Å². The number of hydrogen-bond donors (Lipinski definition) is 0. The maximum absolute atomic E-state index is 5.21. The number of rotatable bonds is 1. The first kappa shape index (κ1) is 7.99. The SMILES string of the molecule is [CH]C=Nc1c(C)cccc1C. The number of nitrogens with zero attached hydrogens (tertiary/aromatic N) is 1. The van der Waals surface area contributed by atoms with Crippen molar-refractivity contribution in [2.45, 2.75) is 13.8 Å². The zero-order chi connectivity index (χ0) is 8.27. The Hall–Kier alpha value is -1.11. The van der Waals surface area contributed by atoms with Crippen LogP contribution in [0.25, 0.3) is 0 Å². The minimum Gasteiger partial charge on any atom is -0.260 e. The van der Waals surface area contributed by atoms with Crippen molar-refractivity contribution >= 4 is 11.9 Å². The number of hydrogen-bond acceptors (Lipinski definition) is 1. The van der Waals surface area contributed by atoms with Gasteiger partial charge in [-0.25, -0.2) is 0 Å². The second kappa shape index (κ2) is 3.33. The number of benzene rings is 1. The lowest BCUT2D eigenvalue weighted by Gasteiger charge is -2.01. The van der Waals surface area contributed by atoms with Crippen LogP contribution < -0.4 is 0 Å². The molecule has 0 aromatic heterocycles. The Morgan fingerprint density at radius 1 is 1.27 bits per heavy atom. The van der Waals surface area contributed by atoms with Gasteiger partial charge in [0.15, 0.2) is 0 Å². The van der Waals surface area contributed by atoms with Gasteiger partial charge in [-0.05, 0) is 25.0 Å². The number of para-hydroxylation sites is 1. The highest BCUT2D eigenvalue weighted by Crippen LogP contribution is 2.21. The molecule has 2 radical (unpaired) electrons. The van der Waals surface area contributed by atoms with Gasteiger partial charge in [0.05, 0.1) is 5.69 Å². The van der Waals surface area contributed by atoms with Crippen LogP contribution in [0.15, 0.2) is 23.2 Å². The molecular weight excluding hydrogens is 134 g/mol. The summed E-state index contributed by atoms with van der Waals surface area (Å²) < 4.78 is 0. The molecule has 1 rings (SSSR count). The lowest BCUT2D eigenvalue weighted by atomic mass is 10.1. The van der Waals surface area contributed by atoms with Gasteiger partial charge in [0.1, 0.15) is 0 Å². The maximum Gasteiger partial charge on any atom is 0.0684 e. The summed E-state index contributed by atoms with van der Waals surface area (Å²) in [6, 6.07) is 6.06. The Bertz CT molecular complexity index is 254. The molecule has 0 atom stereocenters. The maximum atomic E-state index is 5.21. The van der Waals surface area contributed by atoms with Gasteiger partial charge in [-0.3, -0.25) is 4.99 Å². The van der Waals surface area contributed by atoms with Crippen LogP contribution in [0.5, 0.6) is 0 Å². The predicted molar refractivity (Wildman–Crippen MR) is 48.4 cm³/mol. The van der Waals surface area contributed by atoms with E-state index in [1.54, 1.807) is 0 Å². The molecule has 1 aromatic rings. The van der Waals surface area contributed by atoms with Crippen molar-refractivity contribution in [2.75, 3.05) is 0 Å². The Balaban J connectivity index is 3.20. The molecule has 0 saturated carbocycles. The second-order valence-electron chi connectivity index (χ2n) is 2.52. The van der Waals surface area contributed by atoms with Crippen LogP contribution in [0, 0.1) is 20.8 Å². The van der Waals surface area contributed by atoms with E-state index in [2.05, 4.69) is 4.99 Å². The van der Waals surface area contributed by atoms with Gasteiger partial charge in [0, 0.05) is 13.1 Å². The molecule has 1 nitrogen and oxygen atoms in total. The Kier molecular flexibility index (Phi) is 2.42. The van der Waals surface area contributed by atoms with Gasteiger partial charge in [-0.1, -0.05) is 18.2 Å². The first-order chi connectivity index (χ1) is 5.25. The van der Waals surface area contributed by atoms with Crippen molar-refractivity contribution < 1.29 is 0 Å². The van der Waals surface area contributed by atoms with Crippen LogP contribution >= 0.6 is 0 Å². The van der Waals surface area contributed by atoms with E-state index < -0.39 is 0 Å². The molecule has 1 aromatic carbocycles. The molecule has 1 heteroatoms. The summed E-state index contributed by atoms with van der Waals surface area (Å²) in [5, 5.41) is 0. The molecule has 0 heterocycles. The highest BCUT2D eigenvalue weighted by molar-refractivity contribution is 5.69. The van der Waals surface area contributed by atoms with Crippen LogP contribution in [0.4, 0.5) is 5.69 Å². The van der Waals surface area contributed by atoms with Crippen molar-refractivity contribution in [1.29, 1.82) is 0 Å². The molecule has 0 unspecified atom stereocenters. The molecular formula is C10H11N. The number of aliphatic imine (C=N–C) groups is 1. The zero-order valence-corrected chi connectivity index (χ0v) is 6.83. The lowest BCUT2D eigenvalue weighted by molar-refractivity contribution is 1.33. The second-order valence-corrected chi connectivity index (χ2v) is 2.52. The molecule has 0 N–H and O–H groups in total. The highest BCUT2D eigenvalue weighted by Gasteiger charge is 1.96. The molecule has 0 aliphatic heterocycles. The van der Waals surface area contributed by atoms with E-state index in [0.29, 0.717) is 0 Å². The molecule has 0 saturated heterocycles. The average Bonchev–Trinajstić information content (AvgIpc) is 1.97. The summed E-state index contributed by atoms with van der Waals surface area (Å²) in [5.74, 6) is 0.